The highest BCUT2D eigenvalue weighted by molar-refractivity contribution is 5.94. The van der Waals surface area contributed by atoms with E-state index in [0.717, 1.165) is 47.8 Å². The molecule has 1 amide bonds. The Morgan fingerprint density at radius 2 is 1.75 bits per heavy atom. The van der Waals surface area contributed by atoms with Gasteiger partial charge in [-0.15, -0.1) is 0 Å². The second-order valence-corrected chi connectivity index (χ2v) is 9.44. The van der Waals surface area contributed by atoms with Crippen LogP contribution in [0.5, 0.6) is 6.01 Å². The fourth-order valence-electron chi connectivity index (χ4n) is 5.23. The topological polar surface area (TPSA) is 77.0 Å². The molecule has 1 saturated carbocycles. The molecule has 2 aromatic heterocycles. The number of hydrogen-bond acceptors (Lipinski definition) is 5. The number of amides is 1. The van der Waals surface area contributed by atoms with Crippen LogP contribution < -0.4 is 10.1 Å². The Kier molecular flexibility index (Phi) is 6.89. The third-order valence-electron chi connectivity index (χ3n) is 7.27. The number of ether oxygens (including phenoxy) is 1. The average Bonchev–Trinajstić information content (AvgIpc) is 2.93. The first-order valence-electron chi connectivity index (χ1n) is 12.3. The molecule has 1 aliphatic rings. The molecular weight excluding hydrogens is 455 g/mol. The molecule has 1 atom stereocenters. The van der Waals surface area contributed by atoms with Crippen LogP contribution in [0, 0.1) is 11.7 Å². The zero-order valence-corrected chi connectivity index (χ0v) is 20.4. The van der Waals surface area contributed by atoms with Crippen molar-refractivity contribution in [2.75, 3.05) is 7.11 Å². The van der Waals surface area contributed by atoms with E-state index in [0.29, 0.717) is 23.4 Å². The Balaban J connectivity index is 1.19. The molecule has 2 aromatic carbocycles. The van der Waals surface area contributed by atoms with Gasteiger partial charge in [0, 0.05) is 34.9 Å². The fourth-order valence-corrected chi connectivity index (χ4v) is 5.23. The summed E-state index contributed by atoms with van der Waals surface area (Å²) in [6, 6.07) is 16.4. The Morgan fingerprint density at radius 1 is 1.00 bits per heavy atom. The minimum Gasteiger partial charge on any atom is -0.467 e. The SMILES string of the molecule is COc1nccc(-c2ccc(C(=O)N[C@H](C)[C@H]3CC[C@H](c4ccnc5ccc(F)cc54)CC3)cc2)n1. The number of benzene rings is 2. The van der Waals surface area contributed by atoms with Crippen molar-refractivity contribution in [1.82, 2.24) is 20.3 Å². The number of aromatic nitrogens is 3. The largest absolute Gasteiger partial charge is 0.467 e. The molecule has 1 N–H and O–H groups in total. The van der Waals surface area contributed by atoms with Crippen molar-refractivity contribution >= 4 is 16.8 Å². The van der Waals surface area contributed by atoms with E-state index in [1.54, 1.807) is 24.4 Å². The molecule has 4 aromatic rings. The number of methoxy groups -OCH3 is 1. The van der Waals surface area contributed by atoms with E-state index in [-0.39, 0.29) is 17.8 Å². The van der Waals surface area contributed by atoms with Crippen LogP contribution in [0.4, 0.5) is 4.39 Å². The number of nitrogens with zero attached hydrogens (tertiary/aromatic N) is 3. The minimum atomic E-state index is -0.230. The zero-order chi connectivity index (χ0) is 25.1. The van der Waals surface area contributed by atoms with Gasteiger partial charge < -0.3 is 10.1 Å². The second-order valence-electron chi connectivity index (χ2n) is 9.44. The molecule has 1 fully saturated rings. The molecule has 0 bridgehead atoms. The molecule has 0 unspecified atom stereocenters. The first-order chi connectivity index (χ1) is 17.5. The van der Waals surface area contributed by atoms with Gasteiger partial charge in [-0.3, -0.25) is 9.78 Å². The van der Waals surface area contributed by atoms with Gasteiger partial charge >= 0.3 is 6.01 Å². The number of carbonyl (C=O) groups is 1. The van der Waals surface area contributed by atoms with Crippen LogP contribution in [0.1, 0.15) is 54.4 Å². The van der Waals surface area contributed by atoms with E-state index in [9.17, 15) is 9.18 Å². The highest BCUT2D eigenvalue weighted by Crippen LogP contribution is 2.39. The molecule has 0 saturated heterocycles. The summed E-state index contributed by atoms with van der Waals surface area (Å²) in [6.07, 6.45) is 7.51. The van der Waals surface area contributed by atoms with E-state index in [1.165, 1.54) is 18.7 Å². The zero-order valence-electron chi connectivity index (χ0n) is 20.4. The summed E-state index contributed by atoms with van der Waals surface area (Å²) >= 11 is 0. The highest BCUT2D eigenvalue weighted by Gasteiger charge is 2.28. The Hall–Kier alpha value is -3.87. The van der Waals surface area contributed by atoms with Gasteiger partial charge in [-0.25, -0.2) is 9.37 Å². The lowest BCUT2D eigenvalue weighted by molar-refractivity contribution is 0.0918. The Morgan fingerprint density at radius 3 is 2.50 bits per heavy atom. The van der Waals surface area contributed by atoms with Gasteiger partial charge in [0.15, 0.2) is 0 Å². The smallest absolute Gasteiger partial charge is 0.316 e. The van der Waals surface area contributed by atoms with Gasteiger partial charge in [0.2, 0.25) is 0 Å². The predicted octanol–water partition coefficient (Wildman–Crippen LogP) is 5.93. The molecule has 6 nitrogen and oxygen atoms in total. The van der Waals surface area contributed by atoms with E-state index in [1.807, 2.05) is 36.5 Å². The molecule has 0 radical (unpaired) electrons. The monoisotopic (exact) mass is 484 g/mol. The van der Waals surface area contributed by atoms with E-state index in [4.69, 9.17) is 4.74 Å². The van der Waals surface area contributed by atoms with E-state index in [2.05, 4.69) is 27.2 Å². The lowest BCUT2D eigenvalue weighted by atomic mass is 9.75. The fraction of sp³-hybridized carbons (Fsp3) is 0.310. The third kappa shape index (κ3) is 5.05. The summed E-state index contributed by atoms with van der Waals surface area (Å²) in [4.78, 5) is 25.7. The normalized spacial score (nSPS) is 18.5. The van der Waals surface area contributed by atoms with Gasteiger partial charge in [0.05, 0.1) is 18.3 Å². The third-order valence-corrected chi connectivity index (χ3v) is 7.27. The standard InChI is InChI=1S/C29H29FN4O2/c1-18(33-28(35)22-9-7-21(8-10-22)26-14-16-32-29(34-26)36-2)19-3-5-20(6-4-19)24-13-15-31-27-12-11-23(30)17-25(24)27/h7-20H,3-6H2,1-2H3,(H,33,35)/t18-,19-,20-/m1/s1. The van der Waals surface area contributed by atoms with Crippen LogP contribution in [-0.4, -0.2) is 34.0 Å². The van der Waals surface area contributed by atoms with Gasteiger partial charge in [-0.2, -0.15) is 4.98 Å². The van der Waals surface area contributed by atoms with Crippen LogP contribution in [0.25, 0.3) is 22.2 Å². The van der Waals surface area contributed by atoms with Gasteiger partial charge in [0.1, 0.15) is 5.82 Å². The quantitative estimate of drug-likeness (QED) is 0.367. The molecule has 184 valence electrons. The molecule has 2 heterocycles. The number of hydrogen-bond donors (Lipinski definition) is 1. The number of rotatable bonds is 6. The Bertz CT molecular complexity index is 1370. The summed E-state index contributed by atoms with van der Waals surface area (Å²) in [5.74, 6) is 0.478. The van der Waals surface area contributed by atoms with Crippen LogP contribution in [0.3, 0.4) is 0 Å². The van der Waals surface area contributed by atoms with Crippen LogP contribution in [0.2, 0.25) is 0 Å². The van der Waals surface area contributed by atoms with E-state index >= 15 is 0 Å². The number of pyridine rings is 1. The second kappa shape index (κ2) is 10.4. The van der Waals surface area contributed by atoms with Crippen molar-refractivity contribution in [2.45, 2.75) is 44.6 Å². The first kappa shape index (κ1) is 23.9. The average molecular weight is 485 g/mol. The molecule has 1 aliphatic carbocycles. The number of nitrogens with one attached hydrogen (secondary N) is 1. The lowest BCUT2D eigenvalue weighted by Gasteiger charge is -2.33. The number of carbonyl (C=O) groups excluding carboxylic acids is 1. The molecule has 0 aliphatic heterocycles. The summed E-state index contributed by atoms with van der Waals surface area (Å²) in [7, 11) is 1.53. The van der Waals surface area contributed by atoms with Gasteiger partial charge in [-0.1, -0.05) is 12.1 Å². The van der Waals surface area contributed by atoms with Gasteiger partial charge in [-0.05, 0) is 92.5 Å². The van der Waals surface area contributed by atoms with Crippen molar-refractivity contribution < 1.29 is 13.9 Å². The Labute approximate surface area is 210 Å². The van der Waals surface area contributed by atoms with Gasteiger partial charge in [0.25, 0.3) is 5.91 Å². The van der Waals surface area contributed by atoms with Crippen LogP contribution in [-0.2, 0) is 0 Å². The summed E-state index contributed by atoms with van der Waals surface area (Å²) in [5, 5.41) is 4.10. The van der Waals surface area contributed by atoms with Crippen LogP contribution >= 0.6 is 0 Å². The first-order valence-corrected chi connectivity index (χ1v) is 12.3. The maximum absolute atomic E-state index is 13.9. The maximum atomic E-state index is 13.9. The number of halogens is 1. The molecular formula is C29H29FN4O2. The molecule has 0 spiro atoms. The highest BCUT2D eigenvalue weighted by atomic mass is 19.1. The summed E-state index contributed by atoms with van der Waals surface area (Å²) < 4.78 is 19.0. The maximum Gasteiger partial charge on any atom is 0.316 e. The van der Waals surface area contributed by atoms with Crippen molar-refractivity contribution in [3.8, 4) is 17.3 Å². The number of fused-ring (bicyclic) bond motifs is 1. The summed E-state index contributed by atoms with van der Waals surface area (Å²) in [6.45, 7) is 2.08. The van der Waals surface area contributed by atoms with Crippen molar-refractivity contribution in [3.63, 3.8) is 0 Å². The lowest BCUT2D eigenvalue weighted by Crippen LogP contribution is -2.39. The molecule has 5 rings (SSSR count). The van der Waals surface area contributed by atoms with E-state index < -0.39 is 0 Å². The van der Waals surface area contributed by atoms with Crippen molar-refractivity contribution in [3.05, 3.63) is 83.9 Å². The molecule has 36 heavy (non-hydrogen) atoms. The van der Waals surface area contributed by atoms with Crippen molar-refractivity contribution in [1.29, 1.82) is 0 Å². The summed E-state index contributed by atoms with van der Waals surface area (Å²) in [5.41, 5.74) is 4.26. The predicted molar refractivity (Wildman–Crippen MR) is 137 cm³/mol. The minimum absolute atomic E-state index is 0.0656. The molecule has 7 heteroatoms. The van der Waals surface area contributed by atoms with Crippen molar-refractivity contribution in [2.24, 2.45) is 5.92 Å². The van der Waals surface area contributed by atoms with Crippen LogP contribution in [0.15, 0.2) is 67.0 Å².